The Kier molecular flexibility index (Phi) is 5.38. The third kappa shape index (κ3) is 3.92. The lowest BCUT2D eigenvalue weighted by molar-refractivity contribution is 0.164. The third-order valence-corrected chi connectivity index (χ3v) is 4.40. The first-order valence-corrected chi connectivity index (χ1v) is 7.92. The van der Waals surface area contributed by atoms with Crippen molar-refractivity contribution in [3.63, 3.8) is 0 Å². The van der Waals surface area contributed by atoms with Crippen molar-refractivity contribution < 1.29 is 0 Å². The first kappa shape index (κ1) is 13.7. The summed E-state index contributed by atoms with van der Waals surface area (Å²) in [5, 5.41) is 13.9. The van der Waals surface area contributed by atoms with E-state index in [1.54, 1.807) is 11.3 Å². The van der Waals surface area contributed by atoms with Crippen LogP contribution in [-0.2, 0) is 6.54 Å². The van der Waals surface area contributed by atoms with E-state index < -0.39 is 0 Å². The lowest BCUT2D eigenvalue weighted by Crippen LogP contribution is -2.34. The monoisotopic (exact) mass is 268 g/mol. The van der Waals surface area contributed by atoms with Crippen molar-refractivity contribution in [2.24, 2.45) is 5.92 Å². The van der Waals surface area contributed by atoms with Gasteiger partial charge in [-0.2, -0.15) is 0 Å². The summed E-state index contributed by atoms with van der Waals surface area (Å²) in [6.45, 7) is 8.86. The molecule has 0 aromatic carbocycles. The highest BCUT2D eigenvalue weighted by Crippen LogP contribution is 2.22. The van der Waals surface area contributed by atoms with Crippen molar-refractivity contribution in [2.45, 2.75) is 46.1 Å². The zero-order chi connectivity index (χ0) is 12.8. The van der Waals surface area contributed by atoms with Gasteiger partial charge in [0.25, 0.3) is 0 Å². The fourth-order valence-corrected chi connectivity index (χ4v) is 3.25. The topological polar surface area (TPSA) is 41.1 Å². The van der Waals surface area contributed by atoms with Gasteiger partial charge in [-0.15, -0.1) is 10.2 Å². The molecule has 2 rings (SSSR count). The van der Waals surface area contributed by atoms with Gasteiger partial charge in [0.05, 0.1) is 6.54 Å². The van der Waals surface area contributed by atoms with Gasteiger partial charge >= 0.3 is 0 Å². The molecule has 1 fully saturated rings. The largest absolute Gasteiger partial charge is 0.360 e. The molecule has 0 radical (unpaired) electrons. The number of nitrogens with one attached hydrogen (secondary N) is 1. The molecule has 1 unspecified atom stereocenters. The summed E-state index contributed by atoms with van der Waals surface area (Å²) in [7, 11) is 0. The summed E-state index contributed by atoms with van der Waals surface area (Å²) >= 11 is 1.70. The molecule has 1 atom stereocenters. The number of likely N-dealkylation sites (tertiary alicyclic amines) is 1. The van der Waals surface area contributed by atoms with Gasteiger partial charge in [-0.25, -0.2) is 0 Å². The van der Waals surface area contributed by atoms with E-state index in [4.69, 9.17) is 0 Å². The van der Waals surface area contributed by atoms with E-state index in [9.17, 15) is 0 Å². The van der Waals surface area contributed by atoms with E-state index in [1.807, 2.05) is 0 Å². The van der Waals surface area contributed by atoms with Crippen LogP contribution in [0, 0.1) is 5.92 Å². The smallest absolute Gasteiger partial charge is 0.205 e. The van der Waals surface area contributed by atoms with E-state index in [1.165, 1.54) is 32.4 Å². The van der Waals surface area contributed by atoms with Gasteiger partial charge in [0, 0.05) is 13.1 Å². The number of hydrogen-bond acceptors (Lipinski definition) is 5. The Labute approximate surface area is 114 Å². The Hall–Kier alpha value is -0.680. The van der Waals surface area contributed by atoms with Crippen LogP contribution in [0.25, 0.3) is 0 Å². The van der Waals surface area contributed by atoms with Gasteiger partial charge < -0.3 is 5.32 Å². The van der Waals surface area contributed by atoms with Crippen molar-refractivity contribution in [1.82, 2.24) is 15.1 Å². The molecule has 5 heteroatoms. The minimum absolute atomic E-state index is 0.879. The summed E-state index contributed by atoms with van der Waals surface area (Å²) in [4.78, 5) is 2.53. The van der Waals surface area contributed by atoms with Crippen LogP contribution >= 0.6 is 11.3 Å². The van der Waals surface area contributed by atoms with Crippen LogP contribution in [-0.4, -0.2) is 34.7 Å². The fraction of sp³-hybridized carbons (Fsp3) is 0.846. The van der Waals surface area contributed by atoms with Gasteiger partial charge in [0.1, 0.15) is 5.01 Å². The number of rotatable bonds is 6. The fourth-order valence-electron chi connectivity index (χ4n) is 2.44. The molecule has 1 aliphatic heterocycles. The van der Waals surface area contributed by atoms with E-state index in [0.29, 0.717) is 0 Å². The van der Waals surface area contributed by atoms with Gasteiger partial charge in [-0.3, -0.25) is 4.90 Å². The van der Waals surface area contributed by atoms with Gasteiger partial charge in [-0.05, 0) is 31.7 Å². The second kappa shape index (κ2) is 7.04. The molecule has 1 aliphatic rings. The summed E-state index contributed by atoms with van der Waals surface area (Å²) in [6.07, 6.45) is 5.15. The molecule has 4 nitrogen and oxygen atoms in total. The first-order valence-electron chi connectivity index (χ1n) is 7.10. The van der Waals surface area contributed by atoms with Crippen molar-refractivity contribution in [2.75, 3.05) is 25.0 Å². The Morgan fingerprint density at radius 1 is 1.39 bits per heavy atom. The average Bonchev–Trinajstić information content (AvgIpc) is 2.84. The van der Waals surface area contributed by atoms with Crippen molar-refractivity contribution in [3.05, 3.63) is 5.01 Å². The van der Waals surface area contributed by atoms with E-state index >= 15 is 0 Å². The highest BCUT2D eigenvalue weighted by atomic mass is 32.1. The Balaban J connectivity index is 1.83. The molecule has 1 aromatic heterocycles. The highest BCUT2D eigenvalue weighted by molar-refractivity contribution is 7.15. The average molecular weight is 268 g/mol. The third-order valence-electron chi connectivity index (χ3n) is 3.53. The van der Waals surface area contributed by atoms with E-state index in [-0.39, 0.29) is 0 Å². The zero-order valence-corrected chi connectivity index (χ0v) is 12.3. The Bertz CT molecular complexity index is 353. The first-order chi connectivity index (χ1) is 8.81. The number of piperidine rings is 1. The molecule has 1 saturated heterocycles. The second-order valence-corrected chi connectivity index (χ2v) is 6.14. The quantitative estimate of drug-likeness (QED) is 0.861. The normalized spacial score (nSPS) is 21.1. The summed E-state index contributed by atoms with van der Waals surface area (Å²) in [5.41, 5.74) is 0. The standard InChI is InChI=1S/C13H24N4S/c1-3-7-14-13-16-15-12(18-13)10-17-8-5-6-11(4-2)9-17/h11H,3-10H2,1-2H3,(H,14,16). The maximum absolute atomic E-state index is 4.28. The second-order valence-electron chi connectivity index (χ2n) is 5.08. The molecule has 2 heterocycles. The van der Waals surface area contributed by atoms with Crippen molar-refractivity contribution in [1.29, 1.82) is 0 Å². The summed E-state index contributed by atoms with van der Waals surface area (Å²) in [6, 6.07) is 0. The van der Waals surface area contributed by atoms with Gasteiger partial charge in [-0.1, -0.05) is 31.6 Å². The molecule has 0 bridgehead atoms. The molecule has 0 saturated carbocycles. The number of hydrogen-bond donors (Lipinski definition) is 1. The predicted octanol–water partition coefficient (Wildman–Crippen LogP) is 2.98. The number of anilines is 1. The minimum atomic E-state index is 0.879. The molecular weight excluding hydrogens is 244 g/mol. The minimum Gasteiger partial charge on any atom is -0.360 e. The summed E-state index contributed by atoms with van der Waals surface area (Å²) < 4.78 is 0. The van der Waals surface area contributed by atoms with Crippen molar-refractivity contribution >= 4 is 16.5 Å². The van der Waals surface area contributed by atoms with Crippen LogP contribution in [0.3, 0.4) is 0 Å². The van der Waals surface area contributed by atoms with Crippen LogP contribution in [0.15, 0.2) is 0 Å². The van der Waals surface area contributed by atoms with Crippen LogP contribution in [0.5, 0.6) is 0 Å². The van der Waals surface area contributed by atoms with Crippen molar-refractivity contribution in [3.8, 4) is 0 Å². The van der Waals surface area contributed by atoms with Gasteiger partial charge in [0.15, 0.2) is 0 Å². The molecule has 18 heavy (non-hydrogen) atoms. The predicted molar refractivity (Wildman–Crippen MR) is 77.0 cm³/mol. The molecule has 1 aromatic rings. The lowest BCUT2D eigenvalue weighted by atomic mass is 9.96. The van der Waals surface area contributed by atoms with Gasteiger partial charge in [0.2, 0.25) is 5.13 Å². The lowest BCUT2D eigenvalue weighted by Gasteiger charge is -2.31. The molecular formula is C13H24N4S. The molecule has 102 valence electrons. The molecule has 0 spiro atoms. The van der Waals surface area contributed by atoms with Crippen LogP contribution in [0.1, 0.15) is 44.5 Å². The Morgan fingerprint density at radius 2 is 2.28 bits per heavy atom. The number of nitrogens with zero attached hydrogens (tertiary/aromatic N) is 3. The summed E-state index contributed by atoms with van der Waals surface area (Å²) in [5.74, 6) is 0.879. The maximum atomic E-state index is 4.28. The molecule has 0 amide bonds. The molecule has 1 N–H and O–H groups in total. The maximum Gasteiger partial charge on any atom is 0.205 e. The zero-order valence-electron chi connectivity index (χ0n) is 11.5. The highest BCUT2D eigenvalue weighted by Gasteiger charge is 2.19. The van der Waals surface area contributed by atoms with Crippen LogP contribution in [0.4, 0.5) is 5.13 Å². The van der Waals surface area contributed by atoms with E-state index in [2.05, 4.69) is 34.3 Å². The van der Waals surface area contributed by atoms with Crippen LogP contribution in [0.2, 0.25) is 0 Å². The van der Waals surface area contributed by atoms with Crippen LogP contribution < -0.4 is 5.32 Å². The molecule has 0 aliphatic carbocycles. The SMILES string of the molecule is CCCNc1nnc(CN2CCCC(CC)C2)s1. The van der Waals surface area contributed by atoms with E-state index in [0.717, 1.165) is 35.6 Å². The Morgan fingerprint density at radius 3 is 3.06 bits per heavy atom. The number of aromatic nitrogens is 2.